The van der Waals surface area contributed by atoms with Crippen LogP contribution in [0.5, 0.6) is 0 Å². The van der Waals surface area contributed by atoms with Gasteiger partial charge < -0.3 is 20.6 Å². The number of carbonyl (C=O) groups excluding carboxylic acids is 1. The summed E-state index contributed by atoms with van der Waals surface area (Å²) in [4.78, 5) is 41.1. The molecule has 3 heterocycles. The van der Waals surface area contributed by atoms with Crippen LogP contribution in [0, 0.1) is 11.6 Å². The van der Waals surface area contributed by atoms with Crippen molar-refractivity contribution >= 4 is 33.5 Å². The van der Waals surface area contributed by atoms with Gasteiger partial charge in [0.1, 0.15) is 0 Å². The lowest BCUT2D eigenvalue weighted by molar-refractivity contribution is 0.0796. The maximum Gasteiger partial charge on any atom is 0.276 e. The maximum absolute atomic E-state index is 13.7. The van der Waals surface area contributed by atoms with Gasteiger partial charge in [0.15, 0.2) is 17.3 Å². The first kappa shape index (κ1) is 22.2. The molecule has 4 N–H and O–H groups in total. The van der Waals surface area contributed by atoms with Crippen LogP contribution in [-0.4, -0.2) is 44.3 Å². The Bertz CT molecular complexity index is 1650. The second-order valence-corrected chi connectivity index (χ2v) is 8.21. The first-order valence-corrected chi connectivity index (χ1v) is 10.8. The van der Waals surface area contributed by atoms with E-state index in [4.69, 9.17) is 5.73 Å². The largest absolute Gasteiger partial charge is 0.396 e. The van der Waals surface area contributed by atoms with Crippen LogP contribution in [0.1, 0.15) is 15.9 Å². The molecule has 1 amide bonds. The summed E-state index contributed by atoms with van der Waals surface area (Å²) < 4.78 is 27.2. The number of nitrogens with two attached hydrogens (primary N) is 1. The van der Waals surface area contributed by atoms with E-state index < -0.39 is 17.2 Å². The number of rotatable bonds is 5. The van der Waals surface area contributed by atoms with E-state index in [1.54, 1.807) is 42.5 Å². The van der Waals surface area contributed by atoms with Gasteiger partial charge >= 0.3 is 0 Å². The maximum atomic E-state index is 13.7. The number of amides is 1. The van der Waals surface area contributed by atoms with Crippen molar-refractivity contribution in [1.29, 1.82) is 0 Å². The molecule has 0 saturated carbocycles. The second kappa shape index (κ2) is 8.64. The molecule has 0 fully saturated rings. The lowest BCUT2D eigenvalue weighted by Crippen LogP contribution is -2.28. The Hall–Kier alpha value is -4.60. The minimum atomic E-state index is -1.09. The summed E-state index contributed by atoms with van der Waals surface area (Å²) in [6, 6.07) is 10.6. The molecule has 3 aromatic heterocycles. The van der Waals surface area contributed by atoms with E-state index in [-0.39, 0.29) is 34.0 Å². The molecule has 10 heteroatoms. The first-order chi connectivity index (χ1) is 16.8. The SMILES string of the molecule is CN(CCc1cccnc1)C(=O)c1ccc2c(N)c(-c3nc4cc(F)c(F)cc4[nH]c3=O)[nH]c2c1. The molecule has 0 aliphatic heterocycles. The number of nitrogen functional groups attached to an aromatic ring is 1. The van der Waals surface area contributed by atoms with Crippen LogP contribution in [-0.2, 0) is 6.42 Å². The predicted molar refractivity (Wildman–Crippen MR) is 129 cm³/mol. The third-order valence-electron chi connectivity index (χ3n) is 5.86. The average Bonchev–Trinajstić information content (AvgIpc) is 3.18. The van der Waals surface area contributed by atoms with E-state index in [0.29, 0.717) is 29.4 Å². The molecule has 0 saturated heterocycles. The summed E-state index contributed by atoms with van der Waals surface area (Å²) in [5, 5.41) is 0.598. The quantitative estimate of drug-likeness (QED) is 0.359. The number of anilines is 1. The number of benzene rings is 2. The van der Waals surface area contributed by atoms with Crippen molar-refractivity contribution in [2.75, 3.05) is 19.3 Å². The van der Waals surface area contributed by atoms with Gasteiger partial charge in [0.05, 0.1) is 22.4 Å². The summed E-state index contributed by atoms with van der Waals surface area (Å²) in [5.74, 6) is -2.34. The molecule has 5 rings (SSSR count). The molecule has 2 aromatic carbocycles. The number of carbonyl (C=O) groups is 1. The standard InChI is InChI=1S/C25H20F2N6O2/c1-33(8-6-13-3-2-7-29-12-13)25(35)14-4-5-15-18(9-14)30-22(21(15)28)23-24(34)32-20-11-17(27)16(26)10-19(20)31-23/h2-5,7,9-12,30H,6,8,28H2,1H3,(H,32,34). The van der Waals surface area contributed by atoms with E-state index in [2.05, 4.69) is 19.9 Å². The van der Waals surface area contributed by atoms with Crippen molar-refractivity contribution < 1.29 is 13.6 Å². The molecule has 0 unspecified atom stereocenters. The van der Waals surface area contributed by atoms with E-state index in [9.17, 15) is 18.4 Å². The Morgan fingerprint density at radius 1 is 1.09 bits per heavy atom. The molecule has 0 aliphatic rings. The fourth-order valence-electron chi connectivity index (χ4n) is 3.95. The highest BCUT2D eigenvalue weighted by Crippen LogP contribution is 2.31. The van der Waals surface area contributed by atoms with Crippen LogP contribution < -0.4 is 11.3 Å². The van der Waals surface area contributed by atoms with Crippen LogP contribution in [0.4, 0.5) is 14.5 Å². The monoisotopic (exact) mass is 474 g/mol. The van der Waals surface area contributed by atoms with Gasteiger partial charge in [-0.05, 0) is 36.2 Å². The average molecular weight is 474 g/mol. The van der Waals surface area contributed by atoms with Gasteiger partial charge in [-0.1, -0.05) is 6.07 Å². The molecular weight excluding hydrogens is 454 g/mol. The summed E-state index contributed by atoms with van der Waals surface area (Å²) >= 11 is 0. The topological polar surface area (TPSA) is 121 Å². The van der Waals surface area contributed by atoms with Crippen molar-refractivity contribution in [1.82, 2.24) is 24.8 Å². The number of fused-ring (bicyclic) bond motifs is 2. The Balaban J connectivity index is 1.47. The minimum Gasteiger partial charge on any atom is -0.396 e. The van der Waals surface area contributed by atoms with Gasteiger partial charge in [0.2, 0.25) is 0 Å². The Morgan fingerprint density at radius 3 is 2.66 bits per heavy atom. The highest BCUT2D eigenvalue weighted by atomic mass is 19.2. The highest BCUT2D eigenvalue weighted by Gasteiger charge is 2.19. The molecule has 35 heavy (non-hydrogen) atoms. The van der Waals surface area contributed by atoms with Gasteiger partial charge in [-0.3, -0.25) is 14.6 Å². The van der Waals surface area contributed by atoms with E-state index in [1.165, 1.54) is 0 Å². The fraction of sp³-hybridized carbons (Fsp3) is 0.120. The number of likely N-dealkylation sites (N-methyl/N-ethyl adjacent to an activating group) is 1. The number of halogens is 2. The van der Waals surface area contributed by atoms with E-state index in [0.717, 1.165) is 17.7 Å². The Kier molecular flexibility index (Phi) is 5.48. The second-order valence-electron chi connectivity index (χ2n) is 8.21. The third-order valence-corrected chi connectivity index (χ3v) is 5.86. The van der Waals surface area contributed by atoms with Crippen LogP contribution in [0.25, 0.3) is 33.3 Å². The zero-order chi connectivity index (χ0) is 24.7. The normalized spacial score (nSPS) is 11.3. The van der Waals surface area contributed by atoms with Crippen molar-refractivity contribution in [3.63, 3.8) is 0 Å². The number of nitrogens with zero attached hydrogens (tertiary/aromatic N) is 3. The lowest BCUT2D eigenvalue weighted by Gasteiger charge is -2.17. The molecule has 0 aliphatic carbocycles. The van der Waals surface area contributed by atoms with Gasteiger partial charge in [-0.25, -0.2) is 13.8 Å². The molecular formula is C25H20F2N6O2. The number of aromatic nitrogens is 4. The van der Waals surface area contributed by atoms with Crippen LogP contribution in [0.3, 0.4) is 0 Å². The minimum absolute atomic E-state index is 0.0644. The first-order valence-electron chi connectivity index (χ1n) is 10.8. The zero-order valence-corrected chi connectivity index (χ0v) is 18.6. The number of aromatic amines is 2. The van der Waals surface area contributed by atoms with Gasteiger partial charge in [0.25, 0.3) is 11.5 Å². The number of H-pyrrole nitrogens is 2. The van der Waals surface area contributed by atoms with Crippen molar-refractivity contribution in [2.45, 2.75) is 6.42 Å². The van der Waals surface area contributed by atoms with E-state index in [1.807, 2.05) is 12.1 Å². The van der Waals surface area contributed by atoms with Crippen molar-refractivity contribution in [3.8, 4) is 11.4 Å². The molecule has 0 spiro atoms. The van der Waals surface area contributed by atoms with Crippen molar-refractivity contribution in [3.05, 3.63) is 88.0 Å². The van der Waals surface area contributed by atoms with E-state index >= 15 is 0 Å². The molecule has 0 bridgehead atoms. The summed E-state index contributed by atoms with van der Waals surface area (Å²) in [6.07, 6.45) is 4.13. The third kappa shape index (κ3) is 4.10. The molecule has 5 aromatic rings. The van der Waals surface area contributed by atoms with Crippen LogP contribution in [0.2, 0.25) is 0 Å². The number of pyridine rings is 1. The number of nitrogens with one attached hydrogen (secondary N) is 2. The fourth-order valence-corrected chi connectivity index (χ4v) is 3.95. The van der Waals surface area contributed by atoms with Crippen LogP contribution >= 0.6 is 0 Å². The zero-order valence-electron chi connectivity index (χ0n) is 18.6. The Morgan fingerprint density at radius 2 is 1.89 bits per heavy atom. The predicted octanol–water partition coefficient (Wildman–Crippen LogP) is 3.64. The van der Waals surface area contributed by atoms with Crippen LogP contribution in [0.15, 0.2) is 59.7 Å². The van der Waals surface area contributed by atoms with Crippen molar-refractivity contribution in [2.24, 2.45) is 0 Å². The van der Waals surface area contributed by atoms with Gasteiger partial charge in [-0.2, -0.15) is 0 Å². The molecule has 0 atom stereocenters. The smallest absolute Gasteiger partial charge is 0.276 e. The number of hydrogen-bond donors (Lipinski definition) is 3. The Labute approximate surface area is 197 Å². The lowest BCUT2D eigenvalue weighted by atomic mass is 10.1. The molecule has 176 valence electrons. The molecule has 0 radical (unpaired) electrons. The van der Waals surface area contributed by atoms with Gasteiger partial charge in [-0.15, -0.1) is 0 Å². The summed E-state index contributed by atoms with van der Waals surface area (Å²) in [5.41, 5.74) is 8.21. The molecule has 8 nitrogen and oxygen atoms in total. The van der Waals surface area contributed by atoms with Gasteiger partial charge in [0, 0.05) is 54.6 Å². The summed E-state index contributed by atoms with van der Waals surface area (Å²) in [6.45, 7) is 0.508. The highest BCUT2D eigenvalue weighted by molar-refractivity contribution is 6.04. The number of hydrogen-bond acceptors (Lipinski definition) is 5. The summed E-state index contributed by atoms with van der Waals surface area (Å²) in [7, 11) is 1.72.